The van der Waals surface area contributed by atoms with Crippen LogP contribution >= 0.6 is 0 Å². The van der Waals surface area contributed by atoms with E-state index in [4.69, 9.17) is 9.16 Å². The van der Waals surface area contributed by atoms with Crippen molar-refractivity contribution in [1.82, 2.24) is 0 Å². The van der Waals surface area contributed by atoms with Gasteiger partial charge in [-0.25, -0.2) is 0 Å². The molecule has 0 rings (SSSR count). The lowest BCUT2D eigenvalue weighted by Crippen LogP contribution is -2.13. The van der Waals surface area contributed by atoms with Crippen LogP contribution in [0.1, 0.15) is 0 Å². The summed E-state index contributed by atoms with van der Waals surface area (Å²) in [5.74, 6) is 0. The Kier molecular flexibility index (Phi) is 4.95. The van der Waals surface area contributed by atoms with Crippen LogP contribution in [0.3, 0.4) is 0 Å². The number of methoxy groups -OCH3 is 1. The third kappa shape index (κ3) is 2.96. The van der Waals surface area contributed by atoms with E-state index in [1.165, 1.54) is 0 Å². The van der Waals surface area contributed by atoms with E-state index in [1.807, 2.05) is 0 Å². The molecule has 0 N–H and O–H groups in total. The Bertz CT molecular complexity index is 65.4. The van der Waals surface area contributed by atoms with E-state index in [-0.39, 0.29) is 6.10 Å². The van der Waals surface area contributed by atoms with Crippen molar-refractivity contribution in [3.05, 3.63) is 12.7 Å². The molecule has 1 unspecified atom stereocenters. The van der Waals surface area contributed by atoms with E-state index < -0.39 is 0 Å². The predicted octanol–water partition coefficient (Wildman–Crippen LogP) is -0.516. The number of rotatable bonds is 4. The van der Waals surface area contributed by atoms with Crippen molar-refractivity contribution in [3.63, 3.8) is 0 Å². The molecule has 0 aliphatic carbocycles. The first-order valence-corrected chi connectivity index (χ1v) is 3.31. The second-order valence-corrected chi connectivity index (χ2v) is 1.94. The van der Waals surface area contributed by atoms with Gasteiger partial charge in [0, 0.05) is 7.11 Å². The van der Waals surface area contributed by atoms with Gasteiger partial charge in [-0.15, -0.1) is 6.58 Å². The highest BCUT2D eigenvalue weighted by molar-refractivity contribution is 5.98. The Labute approximate surface area is 53.0 Å². The summed E-state index contributed by atoms with van der Waals surface area (Å²) < 4.78 is 9.85. The fourth-order valence-corrected chi connectivity index (χ4v) is 0.725. The smallest absolute Gasteiger partial charge is 0.146 e. The van der Waals surface area contributed by atoms with Gasteiger partial charge in [-0.05, 0) is 0 Å². The summed E-state index contributed by atoms with van der Waals surface area (Å²) in [5.41, 5.74) is 0. The highest BCUT2D eigenvalue weighted by Gasteiger charge is 1.96. The maximum absolute atomic E-state index is 5.04. The molecule has 0 bridgehead atoms. The molecule has 0 amide bonds. The Hall–Kier alpha value is -0.123. The topological polar surface area (TPSA) is 18.5 Å². The minimum absolute atomic E-state index is 0.103. The number of hydrogen-bond donors (Lipinski definition) is 0. The standard InChI is InChI=1S/C5H12O2Si/c1-3-5(7-8)4-6-2/h3,5H,1,4H2,2,8H3. The Morgan fingerprint density at radius 1 is 1.88 bits per heavy atom. The van der Waals surface area contributed by atoms with E-state index in [9.17, 15) is 0 Å². The van der Waals surface area contributed by atoms with Crippen molar-refractivity contribution in [2.24, 2.45) is 0 Å². The third-order valence-electron chi connectivity index (χ3n) is 0.897. The van der Waals surface area contributed by atoms with E-state index in [0.29, 0.717) is 6.61 Å². The van der Waals surface area contributed by atoms with Crippen molar-refractivity contribution in [1.29, 1.82) is 0 Å². The van der Waals surface area contributed by atoms with Crippen LogP contribution in [0, 0.1) is 0 Å². The molecular weight excluding hydrogens is 120 g/mol. The van der Waals surface area contributed by atoms with Gasteiger partial charge in [-0.3, -0.25) is 0 Å². The van der Waals surface area contributed by atoms with E-state index >= 15 is 0 Å². The van der Waals surface area contributed by atoms with Gasteiger partial charge in [0.15, 0.2) is 0 Å². The molecule has 1 atom stereocenters. The van der Waals surface area contributed by atoms with Crippen molar-refractivity contribution in [2.45, 2.75) is 6.10 Å². The van der Waals surface area contributed by atoms with E-state index in [1.54, 1.807) is 13.2 Å². The molecular formula is C5H12O2Si. The molecule has 8 heavy (non-hydrogen) atoms. The highest BCUT2D eigenvalue weighted by atomic mass is 28.2. The molecule has 0 aromatic carbocycles. The molecule has 0 aliphatic heterocycles. The van der Waals surface area contributed by atoms with Crippen LogP contribution in [0.4, 0.5) is 0 Å². The number of hydrogen-bond acceptors (Lipinski definition) is 2. The van der Waals surface area contributed by atoms with Gasteiger partial charge in [0.1, 0.15) is 10.5 Å². The largest absolute Gasteiger partial charge is 0.419 e. The molecule has 3 heteroatoms. The van der Waals surface area contributed by atoms with Crippen molar-refractivity contribution in [3.8, 4) is 0 Å². The van der Waals surface area contributed by atoms with Gasteiger partial charge in [-0.2, -0.15) is 0 Å². The quantitative estimate of drug-likeness (QED) is 0.379. The molecule has 0 spiro atoms. The van der Waals surface area contributed by atoms with Crippen molar-refractivity contribution in [2.75, 3.05) is 13.7 Å². The lowest BCUT2D eigenvalue weighted by Gasteiger charge is -2.07. The molecule has 0 heterocycles. The Morgan fingerprint density at radius 3 is 2.62 bits per heavy atom. The Morgan fingerprint density at radius 2 is 2.50 bits per heavy atom. The van der Waals surface area contributed by atoms with E-state index in [0.717, 1.165) is 10.5 Å². The van der Waals surface area contributed by atoms with Gasteiger partial charge in [0.05, 0.1) is 12.7 Å². The van der Waals surface area contributed by atoms with Gasteiger partial charge >= 0.3 is 0 Å². The maximum Gasteiger partial charge on any atom is 0.146 e. The maximum atomic E-state index is 5.04. The van der Waals surface area contributed by atoms with Crippen LogP contribution in [0.5, 0.6) is 0 Å². The lowest BCUT2D eigenvalue weighted by atomic mass is 10.4. The summed E-state index contributed by atoms with van der Waals surface area (Å²) in [5, 5.41) is 0. The molecule has 48 valence electrons. The summed E-state index contributed by atoms with van der Waals surface area (Å²) >= 11 is 0. The van der Waals surface area contributed by atoms with Crippen molar-refractivity contribution >= 4 is 10.5 Å². The zero-order valence-corrected chi connectivity index (χ0v) is 7.39. The summed E-state index contributed by atoms with van der Waals surface area (Å²) in [6.07, 6.45) is 1.85. The minimum atomic E-state index is 0.103. The van der Waals surface area contributed by atoms with Crippen molar-refractivity contribution < 1.29 is 9.16 Å². The lowest BCUT2D eigenvalue weighted by molar-refractivity contribution is 0.114. The van der Waals surface area contributed by atoms with Crippen LogP contribution in [-0.4, -0.2) is 30.3 Å². The average molecular weight is 132 g/mol. The monoisotopic (exact) mass is 132 g/mol. The summed E-state index contributed by atoms with van der Waals surface area (Å²) in [4.78, 5) is 0. The molecule has 0 fully saturated rings. The average Bonchev–Trinajstić information content (AvgIpc) is 1.83. The first-order valence-electron chi connectivity index (χ1n) is 2.49. The number of ether oxygens (including phenoxy) is 1. The fourth-order valence-electron chi connectivity index (χ4n) is 0.397. The molecule has 2 nitrogen and oxygen atoms in total. The predicted molar refractivity (Wildman–Crippen MR) is 36.9 cm³/mol. The normalized spacial score (nSPS) is 13.6. The zero-order chi connectivity index (χ0) is 6.41. The van der Waals surface area contributed by atoms with Crippen LogP contribution in [-0.2, 0) is 9.16 Å². The zero-order valence-electron chi connectivity index (χ0n) is 5.39. The van der Waals surface area contributed by atoms with Crippen LogP contribution in [0.25, 0.3) is 0 Å². The second kappa shape index (κ2) is 5.02. The molecule has 0 aromatic heterocycles. The first kappa shape index (κ1) is 7.88. The fraction of sp³-hybridized carbons (Fsp3) is 0.600. The second-order valence-electron chi connectivity index (χ2n) is 1.47. The molecule has 0 aliphatic rings. The summed E-state index contributed by atoms with van der Waals surface area (Å²) in [7, 11) is 2.39. The van der Waals surface area contributed by atoms with Crippen LogP contribution < -0.4 is 0 Å². The first-order chi connectivity index (χ1) is 3.85. The summed E-state index contributed by atoms with van der Waals surface area (Å²) in [6.45, 7) is 4.19. The SMILES string of the molecule is C=CC(COC)O[SiH3]. The van der Waals surface area contributed by atoms with Gasteiger partial charge in [-0.1, -0.05) is 6.08 Å². The minimum Gasteiger partial charge on any atom is -0.419 e. The third-order valence-corrected chi connectivity index (χ3v) is 1.50. The highest BCUT2D eigenvalue weighted by Crippen LogP contribution is 1.88. The molecule has 0 saturated heterocycles. The van der Waals surface area contributed by atoms with Crippen LogP contribution in [0.2, 0.25) is 0 Å². The van der Waals surface area contributed by atoms with Gasteiger partial charge < -0.3 is 9.16 Å². The molecule has 0 radical (unpaired) electrons. The molecule has 0 saturated carbocycles. The summed E-state index contributed by atoms with van der Waals surface area (Å²) in [6, 6.07) is 0. The van der Waals surface area contributed by atoms with Crippen LogP contribution in [0.15, 0.2) is 12.7 Å². The van der Waals surface area contributed by atoms with Gasteiger partial charge in [0.25, 0.3) is 0 Å². The molecule has 0 aromatic rings. The Balaban J connectivity index is 3.21. The van der Waals surface area contributed by atoms with E-state index in [2.05, 4.69) is 6.58 Å². The van der Waals surface area contributed by atoms with Gasteiger partial charge in [0.2, 0.25) is 0 Å².